The molecule has 0 saturated carbocycles. The molecule has 0 aliphatic heterocycles. The molecule has 0 saturated heterocycles. The number of amides is 1. The van der Waals surface area contributed by atoms with Gasteiger partial charge in [-0.05, 0) is 30.2 Å². The lowest BCUT2D eigenvalue weighted by Crippen LogP contribution is -2.44. The van der Waals surface area contributed by atoms with E-state index in [9.17, 15) is 26.8 Å². The fourth-order valence-corrected chi connectivity index (χ4v) is 4.21. The van der Waals surface area contributed by atoms with Gasteiger partial charge in [-0.15, -0.1) is 0 Å². The Balaban J connectivity index is 1.75. The SMILES string of the molecule is COC(=O)C(NC(=O)c1cc(-c2ccc(NS(=O)(=O)c3c(F)cccc3F)cc2)no1)C(C)C. The summed E-state index contributed by atoms with van der Waals surface area (Å²) in [5.41, 5.74) is 0.779. The fraction of sp³-hybridized carbons (Fsp3) is 0.227. The van der Waals surface area contributed by atoms with Gasteiger partial charge in [-0.2, -0.15) is 0 Å². The number of ether oxygens (including phenoxy) is 1. The van der Waals surface area contributed by atoms with Crippen LogP contribution >= 0.6 is 0 Å². The second kappa shape index (κ2) is 10.00. The first-order valence-electron chi connectivity index (χ1n) is 9.96. The van der Waals surface area contributed by atoms with E-state index >= 15 is 0 Å². The fourth-order valence-electron chi connectivity index (χ4n) is 3.01. The van der Waals surface area contributed by atoms with Crippen LogP contribution in [0.5, 0.6) is 0 Å². The van der Waals surface area contributed by atoms with E-state index in [1.165, 1.54) is 37.4 Å². The minimum atomic E-state index is -4.51. The van der Waals surface area contributed by atoms with Crippen LogP contribution in [0.1, 0.15) is 24.4 Å². The Morgan fingerprint density at radius 3 is 2.24 bits per heavy atom. The summed E-state index contributed by atoms with van der Waals surface area (Å²) in [6.07, 6.45) is 0. The number of sulfonamides is 1. The quantitative estimate of drug-likeness (QED) is 0.461. The highest BCUT2D eigenvalue weighted by atomic mass is 32.2. The molecule has 0 radical (unpaired) electrons. The number of aromatic nitrogens is 1. The van der Waals surface area contributed by atoms with Gasteiger partial charge in [0.15, 0.2) is 4.90 Å². The van der Waals surface area contributed by atoms with E-state index in [0.29, 0.717) is 5.56 Å². The third-order valence-electron chi connectivity index (χ3n) is 4.76. The predicted octanol–water partition coefficient (Wildman–Crippen LogP) is 3.35. The Kier molecular flexibility index (Phi) is 7.30. The Labute approximate surface area is 194 Å². The van der Waals surface area contributed by atoms with E-state index < -0.39 is 44.5 Å². The Bertz CT molecular complexity index is 1290. The molecule has 0 spiro atoms. The highest BCUT2D eigenvalue weighted by molar-refractivity contribution is 7.92. The number of rotatable bonds is 8. The molecule has 0 fully saturated rings. The van der Waals surface area contributed by atoms with Crippen molar-refractivity contribution >= 4 is 27.6 Å². The molecule has 9 nitrogen and oxygen atoms in total. The van der Waals surface area contributed by atoms with Crippen LogP contribution in [0.3, 0.4) is 0 Å². The molecule has 1 amide bonds. The lowest BCUT2D eigenvalue weighted by atomic mass is 10.0. The lowest BCUT2D eigenvalue weighted by Gasteiger charge is -2.18. The van der Waals surface area contributed by atoms with Crippen molar-refractivity contribution in [3.63, 3.8) is 0 Å². The van der Waals surface area contributed by atoms with E-state index in [2.05, 4.69) is 19.9 Å². The van der Waals surface area contributed by atoms with Gasteiger partial charge < -0.3 is 14.6 Å². The summed E-state index contributed by atoms with van der Waals surface area (Å²) in [4.78, 5) is 23.2. The first kappa shape index (κ1) is 24.8. The van der Waals surface area contributed by atoms with Crippen molar-refractivity contribution in [2.75, 3.05) is 11.8 Å². The number of anilines is 1. The molecule has 0 aliphatic carbocycles. The van der Waals surface area contributed by atoms with Gasteiger partial charge >= 0.3 is 5.97 Å². The maximum Gasteiger partial charge on any atom is 0.328 e. The summed E-state index contributed by atoms with van der Waals surface area (Å²) in [6, 6.07) is 8.86. The molecule has 0 bridgehead atoms. The smallest absolute Gasteiger partial charge is 0.328 e. The molecule has 3 rings (SSSR count). The van der Waals surface area contributed by atoms with Crippen molar-refractivity contribution in [1.29, 1.82) is 0 Å². The summed E-state index contributed by atoms with van der Waals surface area (Å²) >= 11 is 0. The summed E-state index contributed by atoms with van der Waals surface area (Å²) < 4.78 is 64.3. The number of nitrogens with zero attached hydrogens (tertiary/aromatic N) is 1. The zero-order valence-corrected chi connectivity index (χ0v) is 19.2. The summed E-state index contributed by atoms with van der Waals surface area (Å²) in [5.74, 6) is -4.08. The first-order valence-corrected chi connectivity index (χ1v) is 11.4. The Morgan fingerprint density at radius 2 is 1.68 bits per heavy atom. The van der Waals surface area contributed by atoms with Crippen LogP contribution in [0.25, 0.3) is 11.3 Å². The summed E-state index contributed by atoms with van der Waals surface area (Å²) in [7, 11) is -3.30. The number of esters is 1. The molecule has 1 heterocycles. The molecule has 0 aliphatic rings. The molecule has 3 aromatic rings. The number of hydrogen-bond acceptors (Lipinski definition) is 7. The van der Waals surface area contributed by atoms with Crippen molar-refractivity contribution in [3.8, 4) is 11.3 Å². The van der Waals surface area contributed by atoms with Crippen molar-refractivity contribution in [3.05, 3.63) is 65.9 Å². The van der Waals surface area contributed by atoms with E-state index in [-0.39, 0.29) is 23.1 Å². The van der Waals surface area contributed by atoms with Gasteiger partial charge in [-0.25, -0.2) is 22.0 Å². The minimum absolute atomic E-state index is 0.0470. The molecular weight excluding hydrogens is 472 g/mol. The van der Waals surface area contributed by atoms with Gasteiger partial charge in [-0.3, -0.25) is 9.52 Å². The van der Waals surface area contributed by atoms with Crippen LogP contribution < -0.4 is 10.0 Å². The van der Waals surface area contributed by atoms with Gasteiger partial charge in [-0.1, -0.05) is 37.2 Å². The molecule has 1 unspecified atom stereocenters. The number of halogens is 2. The largest absolute Gasteiger partial charge is 0.467 e. The second-order valence-electron chi connectivity index (χ2n) is 7.53. The van der Waals surface area contributed by atoms with Crippen LogP contribution in [0.2, 0.25) is 0 Å². The second-order valence-corrected chi connectivity index (χ2v) is 9.15. The van der Waals surface area contributed by atoms with Crippen molar-refractivity contribution in [1.82, 2.24) is 10.5 Å². The number of carbonyl (C=O) groups excluding carboxylic acids is 2. The predicted molar refractivity (Wildman–Crippen MR) is 117 cm³/mol. The van der Waals surface area contributed by atoms with Crippen molar-refractivity contribution < 1.29 is 36.0 Å². The average molecular weight is 493 g/mol. The maximum atomic E-state index is 13.9. The monoisotopic (exact) mass is 493 g/mol. The molecule has 2 aromatic carbocycles. The van der Waals surface area contributed by atoms with Gasteiger partial charge in [0.25, 0.3) is 15.9 Å². The highest BCUT2D eigenvalue weighted by Crippen LogP contribution is 2.25. The number of carbonyl (C=O) groups is 2. The molecule has 1 aromatic heterocycles. The van der Waals surface area contributed by atoms with Gasteiger partial charge in [0.05, 0.1) is 7.11 Å². The summed E-state index contributed by atoms with van der Waals surface area (Å²) in [5, 5.41) is 6.33. The number of hydrogen-bond donors (Lipinski definition) is 2. The van der Waals surface area contributed by atoms with Gasteiger partial charge in [0, 0.05) is 17.3 Å². The normalized spacial score (nSPS) is 12.3. The molecular formula is C22H21F2N3O6S. The maximum absolute atomic E-state index is 13.9. The van der Waals surface area contributed by atoms with Crippen molar-refractivity contribution in [2.45, 2.75) is 24.8 Å². The van der Waals surface area contributed by atoms with E-state index in [0.717, 1.165) is 18.2 Å². The topological polar surface area (TPSA) is 128 Å². The standard InChI is InChI=1S/C22H21F2N3O6S/c1-12(2)19(22(29)32-3)25-21(28)18-11-17(26-33-18)13-7-9-14(10-8-13)27-34(30,31)20-15(23)5-4-6-16(20)24/h4-12,19,27H,1-3H3,(H,25,28). The van der Waals surface area contributed by atoms with E-state index in [1.807, 2.05) is 0 Å². The minimum Gasteiger partial charge on any atom is -0.467 e. The molecule has 34 heavy (non-hydrogen) atoms. The number of methoxy groups -OCH3 is 1. The Morgan fingerprint density at radius 1 is 1.06 bits per heavy atom. The molecule has 1 atom stereocenters. The average Bonchev–Trinajstić information content (AvgIpc) is 3.27. The number of nitrogens with one attached hydrogen (secondary N) is 2. The van der Waals surface area contributed by atoms with Crippen LogP contribution in [-0.2, 0) is 19.6 Å². The lowest BCUT2D eigenvalue weighted by molar-refractivity contribution is -0.144. The van der Waals surface area contributed by atoms with Crippen LogP contribution in [0, 0.1) is 17.6 Å². The van der Waals surface area contributed by atoms with Crippen LogP contribution in [0.15, 0.2) is 57.9 Å². The van der Waals surface area contributed by atoms with Crippen LogP contribution in [-0.4, -0.2) is 38.6 Å². The third kappa shape index (κ3) is 5.39. The van der Waals surface area contributed by atoms with Gasteiger partial charge in [0.1, 0.15) is 23.4 Å². The van der Waals surface area contributed by atoms with Crippen LogP contribution in [0.4, 0.5) is 14.5 Å². The Hall–Kier alpha value is -3.80. The van der Waals surface area contributed by atoms with E-state index in [4.69, 9.17) is 4.52 Å². The van der Waals surface area contributed by atoms with Crippen molar-refractivity contribution in [2.24, 2.45) is 5.92 Å². The first-order chi connectivity index (χ1) is 16.0. The summed E-state index contributed by atoms with van der Waals surface area (Å²) in [6.45, 7) is 3.48. The highest BCUT2D eigenvalue weighted by Gasteiger charge is 2.27. The third-order valence-corrected chi connectivity index (χ3v) is 6.19. The number of benzene rings is 2. The zero-order chi connectivity index (χ0) is 25.0. The molecule has 2 N–H and O–H groups in total. The van der Waals surface area contributed by atoms with Gasteiger partial charge in [0.2, 0.25) is 5.76 Å². The molecule has 180 valence electrons. The zero-order valence-electron chi connectivity index (χ0n) is 18.3. The molecule has 12 heteroatoms. The van der Waals surface area contributed by atoms with E-state index in [1.54, 1.807) is 13.8 Å².